The standard InChI is InChI=1S/C25H18F2O2/c26-21-12-6-4-8-18(21)14-16-23(28)25(20-10-2-1-3-11-20)24(29)17-15-19-9-5-7-13-22(19)27/h1-17,25H. The third-order valence-electron chi connectivity index (χ3n) is 4.37. The highest BCUT2D eigenvalue weighted by atomic mass is 19.1. The van der Waals surface area contributed by atoms with Crippen LogP contribution in [0.4, 0.5) is 8.78 Å². The summed E-state index contributed by atoms with van der Waals surface area (Å²) >= 11 is 0. The molecule has 0 atom stereocenters. The number of rotatable bonds is 7. The van der Waals surface area contributed by atoms with Crippen LogP contribution in [0.15, 0.2) is 91.0 Å². The molecule has 0 heterocycles. The van der Waals surface area contributed by atoms with Gasteiger partial charge in [0.25, 0.3) is 0 Å². The molecule has 0 saturated heterocycles. The first-order chi connectivity index (χ1) is 14.1. The lowest BCUT2D eigenvalue weighted by Crippen LogP contribution is -2.19. The Morgan fingerprint density at radius 3 is 1.48 bits per heavy atom. The highest BCUT2D eigenvalue weighted by molar-refractivity contribution is 6.17. The summed E-state index contributed by atoms with van der Waals surface area (Å²) in [6, 6.07) is 20.7. The summed E-state index contributed by atoms with van der Waals surface area (Å²) in [6.07, 6.45) is 5.10. The molecule has 0 bridgehead atoms. The van der Waals surface area contributed by atoms with E-state index in [1.54, 1.807) is 54.6 Å². The van der Waals surface area contributed by atoms with Crippen molar-refractivity contribution in [1.82, 2.24) is 0 Å². The molecular formula is C25H18F2O2. The van der Waals surface area contributed by atoms with Crippen molar-refractivity contribution < 1.29 is 18.4 Å². The molecule has 0 aliphatic rings. The normalized spacial score (nSPS) is 12.3. The second kappa shape index (κ2) is 9.51. The second-order valence-corrected chi connectivity index (χ2v) is 6.36. The average molecular weight is 388 g/mol. The van der Waals surface area contributed by atoms with Gasteiger partial charge in [-0.05, 0) is 42.0 Å². The summed E-state index contributed by atoms with van der Waals surface area (Å²) in [5, 5.41) is 0. The monoisotopic (exact) mass is 388 g/mol. The van der Waals surface area contributed by atoms with Crippen LogP contribution in [0, 0.1) is 11.6 Å². The Kier molecular flexibility index (Phi) is 6.59. The van der Waals surface area contributed by atoms with Gasteiger partial charge in [-0.25, -0.2) is 8.78 Å². The number of allylic oxidation sites excluding steroid dienone is 2. The van der Waals surface area contributed by atoms with E-state index in [4.69, 9.17) is 0 Å². The van der Waals surface area contributed by atoms with E-state index in [0.717, 1.165) is 0 Å². The fourth-order valence-electron chi connectivity index (χ4n) is 2.87. The van der Waals surface area contributed by atoms with Gasteiger partial charge in [0.2, 0.25) is 0 Å². The van der Waals surface area contributed by atoms with E-state index in [1.807, 2.05) is 0 Å². The lowest BCUT2D eigenvalue weighted by molar-refractivity contribution is -0.124. The molecule has 3 aromatic rings. The summed E-state index contributed by atoms with van der Waals surface area (Å²) < 4.78 is 27.6. The van der Waals surface area contributed by atoms with Crippen LogP contribution < -0.4 is 0 Å². The Balaban J connectivity index is 1.89. The van der Waals surface area contributed by atoms with Crippen molar-refractivity contribution in [2.45, 2.75) is 5.92 Å². The minimum atomic E-state index is -1.10. The number of halogens is 2. The second-order valence-electron chi connectivity index (χ2n) is 6.36. The number of hydrogen-bond acceptors (Lipinski definition) is 2. The van der Waals surface area contributed by atoms with Gasteiger partial charge in [-0.2, -0.15) is 0 Å². The van der Waals surface area contributed by atoms with Gasteiger partial charge in [-0.1, -0.05) is 66.7 Å². The fraction of sp³-hybridized carbons (Fsp3) is 0.0400. The Morgan fingerprint density at radius 2 is 1.03 bits per heavy atom. The molecule has 0 unspecified atom stereocenters. The minimum Gasteiger partial charge on any atom is -0.294 e. The van der Waals surface area contributed by atoms with Gasteiger partial charge in [-0.3, -0.25) is 9.59 Å². The number of ketones is 2. The lowest BCUT2D eigenvalue weighted by atomic mass is 9.89. The van der Waals surface area contributed by atoms with Gasteiger partial charge in [0.05, 0.1) is 0 Å². The smallest absolute Gasteiger partial charge is 0.170 e. The van der Waals surface area contributed by atoms with Crippen LogP contribution in [0.2, 0.25) is 0 Å². The highest BCUT2D eigenvalue weighted by Gasteiger charge is 2.24. The molecule has 0 spiro atoms. The van der Waals surface area contributed by atoms with Crippen molar-refractivity contribution in [3.8, 4) is 0 Å². The van der Waals surface area contributed by atoms with Crippen molar-refractivity contribution in [3.63, 3.8) is 0 Å². The molecule has 0 fully saturated rings. The maximum atomic E-state index is 13.8. The lowest BCUT2D eigenvalue weighted by Gasteiger charge is -2.11. The fourth-order valence-corrected chi connectivity index (χ4v) is 2.87. The van der Waals surface area contributed by atoms with Gasteiger partial charge >= 0.3 is 0 Å². The molecule has 4 heteroatoms. The van der Waals surface area contributed by atoms with Crippen molar-refractivity contribution >= 4 is 23.7 Å². The molecule has 2 nitrogen and oxygen atoms in total. The topological polar surface area (TPSA) is 34.1 Å². The number of carbonyl (C=O) groups excluding carboxylic acids is 2. The number of carbonyl (C=O) groups is 2. The van der Waals surface area contributed by atoms with Gasteiger partial charge in [0.1, 0.15) is 17.6 Å². The summed E-state index contributed by atoms with van der Waals surface area (Å²) in [7, 11) is 0. The maximum absolute atomic E-state index is 13.8. The van der Waals surface area contributed by atoms with Gasteiger partial charge in [-0.15, -0.1) is 0 Å². The zero-order valence-electron chi connectivity index (χ0n) is 15.5. The predicted molar refractivity (Wildman–Crippen MR) is 110 cm³/mol. The summed E-state index contributed by atoms with van der Waals surface area (Å²) in [5.41, 5.74) is 1.02. The SMILES string of the molecule is O=C(C=Cc1ccccc1F)C(C(=O)C=Cc1ccccc1F)c1ccccc1. The number of hydrogen-bond donors (Lipinski definition) is 0. The van der Waals surface area contributed by atoms with Gasteiger partial charge < -0.3 is 0 Å². The zero-order valence-corrected chi connectivity index (χ0v) is 15.5. The van der Waals surface area contributed by atoms with E-state index < -0.39 is 29.1 Å². The largest absolute Gasteiger partial charge is 0.294 e. The first-order valence-corrected chi connectivity index (χ1v) is 9.04. The Bertz CT molecular complexity index is 1000. The Labute approximate surface area is 167 Å². The van der Waals surface area contributed by atoms with Crippen LogP contribution >= 0.6 is 0 Å². The maximum Gasteiger partial charge on any atom is 0.170 e. The van der Waals surface area contributed by atoms with E-state index in [2.05, 4.69) is 0 Å². The van der Waals surface area contributed by atoms with E-state index in [0.29, 0.717) is 5.56 Å². The molecule has 0 aliphatic heterocycles. The summed E-state index contributed by atoms with van der Waals surface area (Å²) in [4.78, 5) is 25.6. The van der Waals surface area contributed by atoms with Crippen molar-refractivity contribution in [1.29, 1.82) is 0 Å². The molecule has 0 aliphatic carbocycles. The Hall–Kier alpha value is -3.66. The van der Waals surface area contributed by atoms with Gasteiger partial charge in [0.15, 0.2) is 11.6 Å². The van der Waals surface area contributed by atoms with Crippen molar-refractivity contribution in [2.24, 2.45) is 0 Å². The van der Waals surface area contributed by atoms with Crippen LogP contribution in [0.25, 0.3) is 12.2 Å². The third kappa shape index (κ3) is 5.20. The van der Waals surface area contributed by atoms with Gasteiger partial charge in [0, 0.05) is 11.1 Å². The predicted octanol–water partition coefficient (Wildman–Crippen LogP) is 5.61. The van der Waals surface area contributed by atoms with Crippen LogP contribution in [0.5, 0.6) is 0 Å². The van der Waals surface area contributed by atoms with E-state index >= 15 is 0 Å². The van der Waals surface area contributed by atoms with Crippen molar-refractivity contribution in [3.05, 3.63) is 119 Å². The molecule has 0 N–H and O–H groups in total. The average Bonchev–Trinajstić information content (AvgIpc) is 2.73. The molecule has 0 amide bonds. The molecule has 3 rings (SSSR count). The quantitative estimate of drug-likeness (QED) is 0.389. The van der Waals surface area contributed by atoms with E-state index in [9.17, 15) is 18.4 Å². The van der Waals surface area contributed by atoms with Crippen molar-refractivity contribution in [2.75, 3.05) is 0 Å². The summed E-state index contributed by atoms with van der Waals surface area (Å²) in [6.45, 7) is 0. The molecule has 0 radical (unpaired) electrons. The zero-order chi connectivity index (χ0) is 20.6. The molecule has 0 aromatic heterocycles. The molecule has 0 saturated carbocycles. The first-order valence-electron chi connectivity index (χ1n) is 9.04. The molecule has 3 aromatic carbocycles. The molecule has 144 valence electrons. The molecular weight excluding hydrogens is 370 g/mol. The van der Waals surface area contributed by atoms with Crippen LogP contribution in [0.3, 0.4) is 0 Å². The van der Waals surface area contributed by atoms with Crippen LogP contribution in [-0.4, -0.2) is 11.6 Å². The highest BCUT2D eigenvalue weighted by Crippen LogP contribution is 2.21. The summed E-state index contributed by atoms with van der Waals surface area (Å²) in [5.74, 6) is -2.98. The first kappa shape index (κ1) is 20.1. The van der Waals surface area contributed by atoms with E-state index in [1.165, 1.54) is 48.6 Å². The molecule has 29 heavy (non-hydrogen) atoms. The van der Waals surface area contributed by atoms with E-state index in [-0.39, 0.29) is 11.1 Å². The third-order valence-corrected chi connectivity index (χ3v) is 4.37. The minimum absolute atomic E-state index is 0.252. The van der Waals surface area contributed by atoms with Crippen LogP contribution in [0.1, 0.15) is 22.6 Å². The Morgan fingerprint density at radius 1 is 0.621 bits per heavy atom. The number of benzene rings is 3. The van der Waals surface area contributed by atoms with Crippen LogP contribution in [-0.2, 0) is 9.59 Å².